The van der Waals surface area contributed by atoms with Crippen LogP contribution in [0.5, 0.6) is 23.0 Å². The molecular weight excluding hydrogens is 925 g/mol. The van der Waals surface area contributed by atoms with Crippen LogP contribution in [0.25, 0.3) is 10.8 Å². The molecule has 0 radical (unpaired) electrons. The van der Waals surface area contributed by atoms with Gasteiger partial charge in [-0.05, 0) is 105 Å². The molecule has 0 saturated carbocycles. The van der Waals surface area contributed by atoms with Crippen molar-refractivity contribution >= 4 is 34.6 Å². The van der Waals surface area contributed by atoms with Crippen LogP contribution in [-0.4, -0.2) is 91.7 Å². The minimum Gasteiger partial charge on any atom is -0.491 e. The number of fused-ring (bicyclic) bond motifs is 1. The lowest BCUT2D eigenvalue weighted by Crippen LogP contribution is -2.16. The van der Waals surface area contributed by atoms with Gasteiger partial charge in [-0.1, -0.05) is 144 Å². The maximum atomic E-state index is 6.15. The van der Waals surface area contributed by atoms with Gasteiger partial charge in [0.05, 0.1) is 64.2 Å². The molecule has 10 heteroatoms. The quantitative estimate of drug-likeness (QED) is 0.0391. The standard InChI is InChI=1S/C64H82N2O8/c1-61(2,3)49-39-50(62(4,5)6)42-53(41-49)65-45-47-19-13-15-23-57(47)71-35-31-67-27-29-69-33-37-73-59-25-17-22-56-55(59)21-18-26-60(56)74-38-34-70-30-28-68-32-36-72-58-24-16-14-20-48(58)46-66-54-43-51(63(7,8)9)40-52(44-54)64(10,11)12/h13-26,39-46H,27-38H2,1-12H3. The molecule has 6 rings (SSSR count). The van der Waals surface area contributed by atoms with Crippen LogP contribution >= 0.6 is 0 Å². The van der Waals surface area contributed by atoms with Crippen molar-refractivity contribution < 1.29 is 37.9 Å². The van der Waals surface area contributed by atoms with Crippen molar-refractivity contribution in [3.05, 3.63) is 155 Å². The molecule has 0 heterocycles. The second kappa shape index (κ2) is 27.0. The van der Waals surface area contributed by atoms with E-state index < -0.39 is 0 Å². The Hall–Kier alpha value is -6.04. The van der Waals surface area contributed by atoms with Crippen LogP contribution in [0.2, 0.25) is 0 Å². The summed E-state index contributed by atoms with van der Waals surface area (Å²) in [5.41, 5.74) is 8.87. The van der Waals surface area contributed by atoms with Gasteiger partial charge >= 0.3 is 0 Å². The van der Waals surface area contributed by atoms with E-state index in [0.29, 0.717) is 79.3 Å². The van der Waals surface area contributed by atoms with Crippen LogP contribution < -0.4 is 18.9 Å². The van der Waals surface area contributed by atoms with Gasteiger partial charge < -0.3 is 37.9 Å². The zero-order valence-corrected chi connectivity index (χ0v) is 46.3. The summed E-state index contributed by atoms with van der Waals surface area (Å²) in [6.07, 6.45) is 3.77. The summed E-state index contributed by atoms with van der Waals surface area (Å²) in [7, 11) is 0. The number of para-hydroxylation sites is 2. The third-order valence-electron chi connectivity index (χ3n) is 12.4. The van der Waals surface area contributed by atoms with Gasteiger partial charge in [-0.25, -0.2) is 0 Å². The first-order valence-electron chi connectivity index (χ1n) is 26.2. The van der Waals surface area contributed by atoms with E-state index >= 15 is 0 Å². The summed E-state index contributed by atoms with van der Waals surface area (Å²) in [6.45, 7) is 32.0. The third kappa shape index (κ3) is 18.1. The number of hydrogen-bond acceptors (Lipinski definition) is 10. The average molecular weight is 1010 g/mol. The first-order valence-corrected chi connectivity index (χ1v) is 26.2. The van der Waals surface area contributed by atoms with Crippen molar-refractivity contribution in [1.29, 1.82) is 0 Å². The van der Waals surface area contributed by atoms with Crippen molar-refractivity contribution in [2.45, 2.75) is 105 Å². The highest BCUT2D eigenvalue weighted by molar-refractivity contribution is 5.93. The highest BCUT2D eigenvalue weighted by atomic mass is 16.6. The molecule has 0 atom stereocenters. The summed E-state index contributed by atoms with van der Waals surface area (Å²) >= 11 is 0. The minimum absolute atomic E-state index is 0.0205. The van der Waals surface area contributed by atoms with E-state index in [1.165, 1.54) is 22.3 Å². The van der Waals surface area contributed by atoms with Gasteiger partial charge in [0.1, 0.15) is 49.4 Å². The zero-order valence-electron chi connectivity index (χ0n) is 46.3. The summed E-state index contributed by atoms with van der Waals surface area (Å²) in [5.74, 6) is 3.08. The average Bonchev–Trinajstić information content (AvgIpc) is 3.35. The van der Waals surface area contributed by atoms with Crippen LogP contribution in [0, 0.1) is 0 Å². The molecule has 0 amide bonds. The Labute approximate surface area is 442 Å². The van der Waals surface area contributed by atoms with E-state index in [4.69, 9.17) is 47.9 Å². The molecule has 0 unspecified atom stereocenters. The molecule has 10 nitrogen and oxygen atoms in total. The van der Waals surface area contributed by atoms with Crippen LogP contribution in [-0.2, 0) is 40.6 Å². The van der Waals surface area contributed by atoms with E-state index in [1.54, 1.807) is 0 Å². The predicted molar refractivity (Wildman–Crippen MR) is 304 cm³/mol. The molecule has 0 aromatic heterocycles. The fourth-order valence-electron chi connectivity index (χ4n) is 7.82. The Kier molecular flexibility index (Phi) is 20.9. The second-order valence-electron chi connectivity index (χ2n) is 22.6. The maximum absolute atomic E-state index is 6.15. The van der Waals surface area contributed by atoms with Crippen molar-refractivity contribution in [2.24, 2.45) is 9.98 Å². The monoisotopic (exact) mass is 1010 g/mol. The van der Waals surface area contributed by atoms with Gasteiger partial charge in [-0.15, -0.1) is 0 Å². The number of ether oxygens (including phenoxy) is 8. The molecular formula is C64H82N2O8. The molecule has 0 saturated heterocycles. The topological polar surface area (TPSA) is 98.6 Å². The molecule has 0 aliphatic heterocycles. The van der Waals surface area contributed by atoms with E-state index in [1.807, 2.05) is 97.4 Å². The van der Waals surface area contributed by atoms with E-state index in [9.17, 15) is 0 Å². The molecule has 6 aromatic carbocycles. The number of rotatable bonds is 26. The molecule has 0 N–H and O–H groups in total. The number of benzene rings is 6. The van der Waals surface area contributed by atoms with Crippen LogP contribution in [0.4, 0.5) is 11.4 Å². The molecule has 6 aromatic rings. The van der Waals surface area contributed by atoms with E-state index in [0.717, 1.165) is 56.3 Å². The smallest absolute Gasteiger partial charge is 0.128 e. The lowest BCUT2D eigenvalue weighted by atomic mass is 9.80. The van der Waals surface area contributed by atoms with Gasteiger partial charge in [-0.2, -0.15) is 0 Å². The normalized spacial score (nSPS) is 12.5. The third-order valence-corrected chi connectivity index (χ3v) is 12.4. The van der Waals surface area contributed by atoms with Gasteiger partial charge in [0, 0.05) is 34.3 Å². The summed E-state index contributed by atoms with van der Waals surface area (Å²) in [5, 5.41) is 1.94. The Morgan fingerprint density at radius 3 is 0.892 bits per heavy atom. The lowest BCUT2D eigenvalue weighted by Gasteiger charge is -2.25. The lowest BCUT2D eigenvalue weighted by molar-refractivity contribution is 0.0274. The molecule has 0 aliphatic rings. The van der Waals surface area contributed by atoms with E-state index in [-0.39, 0.29) is 21.7 Å². The number of hydrogen-bond donors (Lipinski definition) is 0. The Bertz CT molecular complexity index is 2500. The van der Waals surface area contributed by atoms with Crippen LogP contribution in [0.3, 0.4) is 0 Å². The Morgan fingerprint density at radius 2 is 0.581 bits per heavy atom. The molecule has 0 aliphatic carbocycles. The molecule has 0 fully saturated rings. The van der Waals surface area contributed by atoms with Crippen molar-refractivity contribution in [3.63, 3.8) is 0 Å². The molecule has 396 valence electrons. The summed E-state index contributed by atoms with van der Waals surface area (Å²) < 4.78 is 47.8. The number of aliphatic imine (C=N–C) groups is 2. The molecule has 0 spiro atoms. The first kappa shape index (κ1) is 57.2. The molecule has 0 bridgehead atoms. The summed E-state index contributed by atoms with van der Waals surface area (Å²) in [4.78, 5) is 9.77. The van der Waals surface area contributed by atoms with Gasteiger partial charge in [-0.3, -0.25) is 9.98 Å². The van der Waals surface area contributed by atoms with Gasteiger partial charge in [0.15, 0.2) is 0 Å². The predicted octanol–water partition coefficient (Wildman–Crippen LogP) is 14.5. The fourth-order valence-corrected chi connectivity index (χ4v) is 7.82. The summed E-state index contributed by atoms with van der Waals surface area (Å²) in [6, 6.07) is 41.1. The highest BCUT2D eigenvalue weighted by Crippen LogP contribution is 2.36. The largest absolute Gasteiger partial charge is 0.491 e. The van der Waals surface area contributed by atoms with Crippen molar-refractivity contribution in [2.75, 3.05) is 79.3 Å². The molecule has 74 heavy (non-hydrogen) atoms. The van der Waals surface area contributed by atoms with Crippen LogP contribution in [0.1, 0.15) is 116 Å². The fraction of sp³-hybridized carbons (Fsp3) is 0.438. The Morgan fingerprint density at radius 1 is 0.311 bits per heavy atom. The van der Waals surface area contributed by atoms with Crippen molar-refractivity contribution in [3.8, 4) is 23.0 Å². The first-order chi connectivity index (χ1) is 35.3. The van der Waals surface area contributed by atoms with E-state index in [2.05, 4.69) is 119 Å². The van der Waals surface area contributed by atoms with Crippen molar-refractivity contribution in [1.82, 2.24) is 0 Å². The second-order valence-corrected chi connectivity index (χ2v) is 22.6. The highest BCUT2D eigenvalue weighted by Gasteiger charge is 2.22. The Balaban J connectivity index is 0.833. The number of nitrogens with zero attached hydrogens (tertiary/aromatic N) is 2. The van der Waals surface area contributed by atoms with Gasteiger partial charge in [0.25, 0.3) is 0 Å². The maximum Gasteiger partial charge on any atom is 0.128 e. The van der Waals surface area contributed by atoms with Gasteiger partial charge in [0.2, 0.25) is 0 Å². The zero-order chi connectivity index (χ0) is 53.2. The van der Waals surface area contributed by atoms with Crippen LogP contribution in [0.15, 0.2) is 131 Å². The minimum atomic E-state index is 0.0205. The SMILES string of the molecule is CC(C)(C)c1cc(N=Cc2ccccc2OCCOCCOCCOc2cccc3c(OCCOCCOCCOc4ccccc4C=Nc4cc(C(C)(C)C)cc(C(C)(C)C)c4)cccc23)cc(C(C)(C)C)c1.